The third-order valence-electron chi connectivity index (χ3n) is 5.88. The minimum atomic E-state index is -4.69. The third kappa shape index (κ3) is 3.43. The van der Waals surface area contributed by atoms with E-state index in [1.165, 1.54) is 4.68 Å². The second-order valence-electron chi connectivity index (χ2n) is 7.83. The van der Waals surface area contributed by atoms with Gasteiger partial charge in [0.1, 0.15) is 11.8 Å². The number of fused-ring (bicyclic) bond motifs is 1. The fourth-order valence-electron chi connectivity index (χ4n) is 4.39. The number of rotatable bonds is 3. The summed E-state index contributed by atoms with van der Waals surface area (Å²) in [4.78, 5) is 17.0. The maximum Gasteiger partial charge on any atom is 0.453 e. The van der Waals surface area contributed by atoms with Crippen LogP contribution in [0.2, 0.25) is 0 Å². The Labute approximate surface area is 181 Å². The number of Topliss-reactive ketones (excluding diaryl/α,β-unsaturated/α-hetero) is 1. The highest BCUT2D eigenvalue weighted by Gasteiger charge is 2.43. The largest absolute Gasteiger partial charge is 0.497 e. The fourth-order valence-corrected chi connectivity index (χ4v) is 4.39. The van der Waals surface area contributed by atoms with Crippen LogP contribution in [0.1, 0.15) is 41.8 Å². The minimum Gasteiger partial charge on any atom is -0.497 e. The number of aromatic nitrogens is 3. The smallest absolute Gasteiger partial charge is 0.453 e. The van der Waals surface area contributed by atoms with E-state index >= 15 is 0 Å². The number of hydrogen-bond acceptors (Lipinski definition) is 5. The van der Waals surface area contributed by atoms with Crippen LogP contribution in [-0.2, 0) is 11.0 Å². The van der Waals surface area contributed by atoms with Crippen LogP contribution in [0.15, 0.2) is 65.9 Å². The van der Waals surface area contributed by atoms with Crippen molar-refractivity contribution in [3.8, 4) is 5.75 Å². The first-order valence-electron chi connectivity index (χ1n) is 10.1. The predicted molar refractivity (Wildman–Crippen MR) is 110 cm³/mol. The zero-order valence-electron chi connectivity index (χ0n) is 17.1. The molecule has 1 aliphatic heterocycles. The Morgan fingerprint density at radius 2 is 1.75 bits per heavy atom. The van der Waals surface area contributed by atoms with Crippen molar-refractivity contribution in [2.75, 3.05) is 12.4 Å². The van der Waals surface area contributed by atoms with Crippen molar-refractivity contribution in [3.63, 3.8) is 0 Å². The van der Waals surface area contributed by atoms with E-state index in [0.717, 1.165) is 5.56 Å². The monoisotopic (exact) mass is 440 g/mol. The highest BCUT2D eigenvalue weighted by atomic mass is 19.4. The molecule has 2 aliphatic rings. The zero-order valence-corrected chi connectivity index (χ0v) is 17.1. The van der Waals surface area contributed by atoms with Crippen LogP contribution in [0.5, 0.6) is 5.75 Å². The van der Waals surface area contributed by atoms with E-state index in [0.29, 0.717) is 29.0 Å². The molecule has 2 atom stereocenters. The Kier molecular flexibility index (Phi) is 4.76. The van der Waals surface area contributed by atoms with Crippen LogP contribution in [0.3, 0.4) is 0 Å². The molecule has 6 nitrogen and oxygen atoms in total. The van der Waals surface area contributed by atoms with Crippen molar-refractivity contribution in [2.45, 2.75) is 31.0 Å². The van der Waals surface area contributed by atoms with Crippen LogP contribution in [0.25, 0.3) is 0 Å². The molecule has 1 N–H and O–H groups in total. The van der Waals surface area contributed by atoms with Gasteiger partial charge in [-0.25, -0.2) is 4.68 Å². The molecule has 0 fully saturated rings. The maximum atomic E-state index is 13.3. The number of carbonyl (C=O) groups excluding carboxylic acids is 1. The van der Waals surface area contributed by atoms with E-state index in [4.69, 9.17) is 4.74 Å². The van der Waals surface area contributed by atoms with Crippen molar-refractivity contribution in [3.05, 3.63) is 82.8 Å². The number of halogens is 3. The summed E-state index contributed by atoms with van der Waals surface area (Å²) in [6.07, 6.45) is -3.96. The number of carbonyl (C=O) groups is 1. The molecule has 2 aromatic carbocycles. The standard InChI is InChI=1S/C23H19F3N4O2/c1-32-16-9-7-13(8-10-16)15-11-17-19(18(31)12-15)20(14-5-3-2-4-6-14)30-22(27-17)28-21(29-30)23(24,25)26/h2-10,15,20H,11-12H2,1H3,(H,27,28,29). The first-order chi connectivity index (χ1) is 15.3. The van der Waals surface area contributed by atoms with Crippen molar-refractivity contribution in [1.29, 1.82) is 0 Å². The van der Waals surface area contributed by atoms with Crippen LogP contribution < -0.4 is 10.1 Å². The second-order valence-corrected chi connectivity index (χ2v) is 7.83. The first kappa shape index (κ1) is 20.3. The van der Waals surface area contributed by atoms with E-state index in [1.54, 1.807) is 31.4 Å². The summed E-state index contributed by atoms with van der Waals surface area (Å²) in [6.45, 7) is 0. The Bertz CT molecular complexity index is 1200. The summed E-state index contributed by atoms with van der Waals surface area (Å²) in [5, 5.41) is 6.69. The van der Waals surface area contributed by atoms with Crippen molar-refractivity contribution in [1.82, 2.24) is 14.8 Å². The van der Waals surface area contributed by atoms with Crippen LogP contribution >= 0.6 is 0 Å². The quantitative estimate of drug-likeness (QED) is 0.638. The Balaban J connectivity index is 1.58. The van der Waals surface area contributed by atoms with Crippen molar-refractivity contribution < 1.29 is 22.7 Å². The fraction of sp³-hybridized carbons (Fsp3) is 0.261. The molecule has 2 unspecified atom stereocenters. The molecule has 0 spiro atoms. The molecule has 0 bridgehead atoms. The number of ether oxygens (including phenoxy) is 1. The molecule has 1 aromatic heterocycles. The van der Waals surface area contributed by atoms with Crippen LogP contribution in [0, 0.1) is 0 Å². The van der Waals surface area contributed by atoms with Gasteiger partial charge in [0.25, 0.3) is 5.82 Å². The second kappa shape index (κ2) is 7.51. The van der Waals surface area contributed by atoms with E-state index < -0.39 is 18.0 Å². The number of ketones is 1. The number of anilines is 1. The average Bonchev–Trinajstić information content (AvgIpc) is 3.22. The highest BCUT2D eigenvalue weighted by Crippen LogP contribution is 2.44. The molecule has 0 saturated heterocycles. The molecule has 5 rings (SSSR count). The Morgan fingerprint density at radius 3 is 2.41 bits per heavy atom. The molecule has 9 heteroatoms. The lowest BCUT2D eigenvalue weighted by atomic mass is 9.78. The molecular weight excluding hydrogens is 421 g/mol. The van der Waals surface area contributed by atoms with Crippen LogP contribution in [0.4, 0.5) is 19.1 Å². The number of methoxy groups -OCH3 is 1. The van der Waals surface area contributed by atoms with E-state index in [2.05, 4.69) is 15.4 Å². The van der Waals surface area contributed by atoms with Crippen molar-refractivity contribution >= 4 is 11.7 Å². The van der Waals surface area contributed by atoms with Gasteiger partial charge in [-0.05, 0) is 35.6 Å². The highest BCUT2D eigenvalue weighted by molar-refractivity contribution is 6.00. The molecule has 3 aromatic rings. The normalized spacial score (nSPS) is 20.4. The van der Waals surface area contributed by atoms with E-state index in [9.17, 15) is 18.0 Å². The van der Waals surface area contributed by atoms with E-state index in [1.807, 2.05) is 30.3 Å². The summed E-state index contributed by atoms with van der Waals surface area (Å²) in [5.74, 6) is -0.771. The average molecular weight is 440 g/mol. The molecule has 164 valence electrons. The summed E-state index contributed by atoms with van der Waals surface area (Å²) in [7, 11) is 1.58. The predicted octanol–water partition coefficient (Wildman–Crippen LogP) is 4.72. The first-order valence-corrected chi connectivity index (χ1v) is 10.1. The molecule has 2 heterocycles. The van der Waals surface area contributed by atoms with Gasteiger partial charge in [0.15, 0.2) is 5.78 Å². The van der Waals surface area contributed by atoms with E-state index in [-0.39, 0.29) is 24.1 Å². The van der Waals surface area contributed by atoms with Gasteiger partial charge in [0.05, 0.1) is 7.11 Å². The molecule has 1 aliphatic carbocycles. The minimum absolute atomic E-state index is 0.0203. The number of allylic oxidation sites excluding steroid dienone is 2. The number of nitrogens with zero attached hydrogens (tertiary/aromatic N) is 3. The molecule has 32 heavy (non-hydrogen) atoms. The lowest BCUT2D eigenvalue weighted by Gasteiger charge is -2.35. The van der Waals surface area contributed by atoms with Gasteiger partial charge in [0, 0.05) is 17.7 Å². The summed E-state index contributed by atoms with van der Waals surface area (Å²) in [5.41, 5.74) is 2.67. The van der Waals surface area contributed by atoms with Gasteiger partial charge in [0.2, 0.25) is 5.95 Å². The zero-order chi connectivity index (χ0) is 22.5. The Morgan fingerprint density at radius 1 is 1.03 bits per heavy atom. The summed E-state index contributed by atoms with van der Waals surface area (Å²) >= 11 is 0. The molecular formula is C23H19F3N4O2. The maximum absolute atomic E-state index is 13.3. The Hall–Kier alpha value is -3.62. The lowest BCUT2D eigenvalue weighted by Crippen LogP contribution is -2.33. The summed E-state index contributed by atoms with van der Waals surface area (Å²) < 4.78 is 46.4. The molecule has 0 saturated carbocycles. The SMILES string of the molecule is COc1ccc(C2CC(=O)C3=C(C2)Nc2nc(C(F)(F)F)nn2C3c2ccccc2)cc1. The topological polar surface area (TPSA) is 69.0 Å². The van der Waals surface area contributed by atoms with Crippen molar-refractivity contribution in [2.24, 2.45) is 0 Å². The van der Waals surface area contributed by atoms with Gasteiger partial charge >= 0.3 is 6.18 Å². The number of hydrogen-bond donors (Lipinski definition) is 1. The third-order valence-corrected chi connectivity index (χ3v) is 5.88. The van der Waals surface area contributed by atoms with Gasteiger partial charge in [-0.2, -0.15) is 18.2 Å². The lowest BCUT2D eigenvalue weighted by molar-refractivity contribution is -0.145. The van der Waals surface area contributed by atoms with Crippen LogP contribution in [-0.4, -0.2) is 27.7 Å². The summed E-state index contributed by atoms with van der Waals surface area (Å²) in [6, 6.07) is 15.6. The van der Waals surface area contributed by atoms with Gasteiger partial charge < -0.3 is 10.1 Å². The number of alkyl halides is 3. The van der Waals surface area contributed by atoms with Gasteiger partial charge in [-0.15, -0.1) is 5.10 Å². The number of nitrogens with one attached hydrogen (secondary N) is 1. The van der Waals surface area contributed by atoms with Gasteiger partial charge in [-0.1, -0.05) is 42.5 Å². The molecule has 0 amide bonds. The van der Waals surface area contributed by atoms with Gasteiger partial charge in [-0.3, -0.25) is 4.79 Å². The molecule has 0 radical (unpaired) electrons. The number of benzene rings is 2.